The molecule has 1 aliphatic rings. The van der Waals surface area contributed by atoms with Gasteiger partial charge in [0.15, 0.2) is 5.78 Å². The SMILES string of the molecule is O=C1CCCC(c2c(-c3ccccc3)[nH]c3ccccc23)/C1=C\c1cc(Br)ccc1[N+](=O)[O-]. The summed E-state index contributed by atoms with van der Waals surface area (Å²) in [6, 6.07) is 23.0. The van der Waals surface area contributed by atoms with Crippen molar-refractivity contribution in [1.29, 1.82) is 0 Å². The number of nitro benzene ring substituents is 1. The number of nitro groups is 1. The molecule has 1 heterocycles. The summed E-state index contributed by atoms with van der Waals surface area (Å²) in [5.41, 5.74) is 5.19. The molecule has 1 unspecified atom stereocenters. The number of carbonyl (C=O) groups excluding carboxylic acids is 1. The highest BCUT2D eigenvalue weighted by Gasteiger charge is 2.32. The highest BCUT2D eigenvalue weighted by molar-refractivity contribution is 9.10. The highest BCUT2D eigenvalue weighted by atomic mass is 79.9. The second-order valence-electron chi connectivity index (χ2n) is 8.25. The van der Waals surface area contributed by atoms with Crippen LogP contribution < -0.4 is 0 Å². The van der Waals surface area contributed by atoms with Gasteiger partial charge in [-0.1, -0.05) is 64.5 Å². The third kappa shape index (κ3) is 4.02. The molecule has 0 radical (unpaired) electrons. The monoisotopic (exact) mass is 500 g/mol. The molecule has 1 N–H and O–H groups in total. The molecule has 1 saturated carbocycles. The third-order valence-electron chi connectivity index (χ3n) is 6.25. The van der Waals surface area contributed by atoms with E-state index < -0.39 is 4.92 Å². The number of H-pyrrole nitrogens is 1. The zero-order chi connectivity index (χ0) is 22.9. The first kappa shape index (κ1) is 21.3. The van der Waals surface area contributed by atoms with E-state index in [1.807, 2.05) is 36.4 Å². The minimum atomic E-state index is -0.401. The predicted molar refractivity (Wildman–Crippen MR) is 134 cm³/mol. The summed E-state index contributed by atoms with van der Waals surface area (Å²) in [6.07, 6.45) is 3.77. The molecule has 6 heteroatoms. The van der Waals surface area contributed by atoms with Gasteiger partial charge >= 0.3 is 0 Å². The number of hydrogen-bond acceptors (Lipinski definition) is 3. The van der Waals surface area contributed by atoms with E-state index in [1.165, 1.54) is 6.07 Å². The topological polar surface area (TPSA) is 76.0 Å². The summed E-state index contributed by atoms with van der Waals surface area (Å²) in [6.45, 7) is 0. The van der Waals surface area contributed by atoms with E-state index in [1.54, 1.807) is 18.2 Å². The van der Waals surface area contributed by atoms with Crippen LogP contribution in [-0.4, -0.2) is 15.7 Å². The van der Waals surface area contributed by atoms with Crippen molar-refractivity contribution in [2.24, 2.45) is 0 Å². The second kappa shape index (κ2) is 8.79. The summed E-state index contributed by atoms with van der Waals surface area (Å²) >= 11 is 3.41. The fourth-order valence-electron chi connectivity index (χ4n) is 4.77. The second-order valence-corrected chi connectivity index (χ2v) is 9.17. The van der Waals surface area contributed by atoms with Crippen LogP contribution in [-0.2, 0) is 4.79 Å². The predicted octanol–water partition coefficient (Wildman–Crippen LogP) is 7.43. The molecule has 164 valence electrons. The van der Waals surface area contributed by atoms with Crippen LogP contribution in [0.4, 0.5) is 5.69 Å². The molecule has 0 aliphatic heterocycles. The van der Waals surface area contributed by atoms with E-state index in [0.717, 1.165) is 45.0 Å². The van der Waals surface area contributed by atoms with E-state index in [4.69, 9.17) is 0 Å². The lowest BCUT2D eigenvalue weighted by molar-refractivity contribution is -0.385. The van der Waals surface area contributed by atoms with E-state index in [0.29, 0.717) is 17.6 Å². The molecule has 1 atom stereocenters. The molecule has 1 aliphatic carbocycles. The van der Waals surface area contributed by atoms with Gasteiger partial charge in [0.1, 0.15) is 0 Å². The van der Waals surface area contributed by atoms with Gasteiger partial charge in [-0.2, -0.15) is 0 Å². The number of carbonyl (C=O) groups is 1. The number of para-hydroxylation sites is 1. The van der Waals surface area contributed by atoms with Crippen LogP contribution >= 0.6 is 15.9 Å². The molecule has 4 aromatic rings. The van der Waals surface area contributed by atoms with E-state index in [2.05, 4.69) is 39.1 Å². The fourth-order valence-corrected chi connectivity index (χ4v) is 5.15. The van der Waals surface area contributed by atoms with Crippen LogP contribution in [0.5, 0.6) is 0 Å². The van der Waals surface area contributed by atoms with E-state index >= 15 is 0 Å². The summed E-state index contributed by atoms with van der Waals surface area (Å²) in [4.78, 5) is 28.0. The quantitative estimate of drug-likeness (QED) is 0.180. The lowest BCUT2D eigenvalue weighted by atomic mass is 9.76. The summed E-state index contributed by atoms with van der Waals surface area (Å²) in [5.74, 6) is -0.110. The number of aromatic amines is 1. The summed E-state index contributed by atoms with van der Waals surface area (Å²) < 4.78 is 0.733. The Hall–Kier alpha value is -3.51. The average Bonchev–Trinajstić information content (AvgIpc) is 3.20. The van der Waals surface area contributed by atoms with Crippen LogP contribution in [0.3, 0.4) is 0 Å². The molecule has 3 aromatic carbocycles. The normalized spacial score (nSPS) is 17.5. The van der Waals surface area contributed by atoms with Crippen LogP contribution in [0.2, 0.25) is 0 Å². The number of rotatable bonds is 4. The number of Topliss-reactive ketones (excluding diaryl/α,β-unsaturated/α-hetero) is 1. The maximum atomic E-state index is 13.2. The number of allylic oxidation sites excluding steroid dienone is 1. The Morgan fingerprint density at radius 1 is 1.03 bits per heavy atom. The Balaban J connectivity index is 1.74. The van der Waals surface area contributed by atoms with Crippen LogP contribution in [0.25, 0.3) is 28.2 Å². The maximum Gasteiger partial charge on any atom is 0.276 e. The zero-order valence-electron chi connectivity index (χ0n) is 17.8. The van der Waals surface area contributed by atoms with Gasteiger partial charge in [-0.05, 0) is 48.2 Å². The van der Waals surface area contributed by atoms with Crippen molar-refractivity contribution < 1.29 is 9.72 Å². The number of halogens is 1. The molecule has 5 rings (SSSR count). The Labute approximate surface area is 199 Å². The van der Waals surface area contributed by atoms with Crippen molar-refractivity contribution in [2.75, 3.05) is 0 Å². The summed E-state index contributed by atoms with van der Waals surface area (Å²) in [5, 5.41) is 12.7. The van der Waals surface area contributed by atoms with Gasteiger partial charge in [0.2, 0.25) is 0 Å². The Morgan fingerprint density at radius 2 is 1.79 bits per heavy atom. The van der Waals surface area contributed by atoms with Gasteiger partial charge in [-0.3, -0.25) is 14.9 Å². The van der Waals surface area contributed by atoms with E-state index in [-0.39, 0.29) is 17.4 Å². The van der Waals surface area contributed by atoms with Crippen molar-refractivity contribution >= 4 is 44.4 Å². The van der Waals surface area contributed by atoms with E-state index in [9.17, 15) is 14.9 Å². The van der Waals surface area contributed by atoms with Crippen LogP contribution in [0, 0.1) is 10.1 Å². The molecule has 33 heavy (non-hydrogen) atoms. The highest BCUT2D eigenvalue weighted by Crippen LogP contribution is 2.45. The molecule has 1 aromatic heterocycles. The molecular formula is C27H21BrN2O3. The van der Waals surface area contributed by atoms with Gasteiger partial charge in [0.25, 0.3) is 5.69 Å². The first-order valence-corrected chi connectivity index (χ1v) is 11.7. The Bertz CT molecular complexity index is 1410. The first-order valence-electron chi connectivity index (χ1n) is 10.9. The molecule has 0 spiro atoms. The Kier molecular flexibility index (Phi) is 5.68. The van der Waals surface area contributed by atoms with Gasteiger partial charge < -0.3 is 4.98 Å². The molecule has 0 amide bonds. The minimum absolute atomic E-state index is 0.00923. The van der Waals surface area contributed by atoms with Gasteiger partial charge in [0.05, 0.1) is 16.2 Å². The fraction of sp³-hybridized carbons (Fsp3) is 0.148. The van der Waals surface area contributed by atoms with Crippen molar-refractivity contribution in [3.05, 3.63) is 104 Å². The summed E-state index contributed by atoms with van der Waals surface area (Å²) in [7, 11) is 0. The number of benzene rings is 3. The number of nitrogens with zero attached hydrogens (tertiary/aromatic N) is 1. The Morgan fingerprint density at radius 3 is 2.58 bits per heavy atom. The van der Waals surface area contributed by atoms with Crippen molar-refractivity contribution in [3.63, 3.8) is 0 Å². The lowest BCUT2D eigenvalue weighted by Gasteiger charge is -2.26. The molecule has 5 nitrogen and oxygen atoms in total. The molecular weight excluding hydrogens is 480 g/mol. The number of fused-ring (bicyclic) bond motifs is 1. The smallest absolute Gasteiger partial charge is 0.276 e. The van der Waals surface area contributed by atoms with Gasteiger partial charge in [-0.15, -0.1) is 0 Å². The lowest BCUT2D eigenvalue weighted by Crippen LogP contribution is -2.18. The van der Waals surface area contributed by atoms with Crippen molar-refractivity contribution in [1.82, 2.24) is 4.98 Å². The molecule has 0 saturated heterocycles. The standard InChI is InChI=1S/C27H21BrN2O3/c28-19-13-14-24(30(32)33)18(15-19)16-22-20(10-6-12-25(22)31)26-21-9-4-5-11-23(21)29-27(26)17-7-2-1-3-8-17/h1-5,7-9,11,13-16,20,29H,6,10,12H2/b22-16+. The number of aromatic nitrogens is 1. The first-order chi connectivity index (χ1) is 16.0. The number of ketones is 1. The van der Waals surface area contributed by atoms with Gasteiger partial charge in [0, 0.05) is 39.4 Å². The zero-order valence-corrected chi connectivity index (χ0v) is 19.3. The third-order valence-corrected chi connectivity index (χ3v) is 6.74. The molecule has 1 fully saturated rings. The average molecular weight is 501 g/mol. The molecule has 0 bridgehead atoms. The largest absolute Gasteiger partial charge is 0.354 e. The minimum Gasteiger partial charge on any atom is -0.354 e. The van der Waals surface area contributed by atoms with Crippen LogP contribution in [0.1, 0.15) is 36.3 Å². The van der Waals surface area contributed by atoms with Crippen LogP contribution in [0.15, 0.2) is 82.8 Å². The van der Waals surface area contributed by atoms with Crippen molar-refractivity contribution in [3.8, 4) is 11.3 Å². The van der Waals surface area contributed by atoms with Gasteiger partial charge in [-0.25, -0.2) is 0 Å². The number of hydrogen-bond donors (Lipinski definition) is 1. The maximum absolute atomic E-state index is 13.2. The number of nitrogens with one attached hydrogen (secondary N) is 1. The van der Waals surface area contributed by atoms with Crippen molar-refractivity contribution in [2.45, 2.75) is 25.2 Å².